The van der Waals surface area contributed by atoms with Crippen molar-refractivity contribution in [2.75, 3.05) is 26.4 Å². The Morgan fingerprint density at radius 3 is 0.667 bits per heavy atom. The first kappa shape index (κ1) is 49.1. The predicted octanol–water partition coefficient (Wildman–Crippen LogP) is 17.1. The summed E-state index contributed by atoms with van der Waals surface area (Å²) in [7, 11) is 0. The van der Waals surface area contributed by atoms with Crippen molar-refractivity contribution >= 4 is 32.3 Å². The Morgan fingerprint density at radius 2 is 0.450 bits per heavy atom. The number of benzene rings is 4. The summed E-state index contributed by atoms with van der Waals surface area (Å²) < 4.78 is 26.4. The molecule has 0 radical (unpaired) electrons. The van der Waals surface area contributed by atoms with E-state index in [1.54, 1.807) is 12.1 Å². The Balaban J connectivity index is 1.69. The first-order valence-corrected chi connectivity index (χ1v) is 25.0. The van der Waals surface area contributed by atoms with E-state index in [0.717, 1.165) is 107 Å². The van der Waals surface area contributed by atoms with Crippen LogP contribution < -0.4 is 18.9 Å². The van der Waals surface area contributed by atoms with Crippen LogP contribution in [0, 0.1) is 0 Å². The van der Waals surface area contributed by atoms with Crippen LogP contribution in [0.25, 0.3) is 32.3 Å². The summed E-state index contributed by atoms with van der Waals surface area (Å²) in [4.78, 5) is 0. The molecule has 2 N–H and O–H groups in total. The third kappa shape index (κ3) is 16.7. The quantitative estimate of drug-likeness (QED) is 0.0270. The Bertz CT molecular complexity index is 1640. The number of rotatable bonds is 36. The van der Waals surface area contributed by atoms with Crippen molar-refractivity contribution in [3.05, 3.63) is 36.4 Å². The monoisotopic (exact) mass is 829 g/mol. The molecule has 0 aromatic heterocycles. The van der Waals surface area contributed by atoms with Gasteiger partial charge in [-0.25, -0.2) is 0 Å². The van der Waals surface area contributed by atoms with Gasteiger partial charge < -0.3 is 29.2 Å². The number of ether oxygens (including phenoxy) is 4. The summed E-state index contributed by atoms with van der Waals surface area (Å²) in [6, 6.07) is 11.9. The van der Waals surface area contributed by atoms with Crippen LogP contribution in [-0.2, 0) is 0 Å². The topological polar surface area (TPSA) is 77.4 Å². The second-order valence-electron chi connectivity index (χ2n) is 17.5. The molecule has 4 aromatic rings. The van der Waals surface area contributed by atoms with Crippen LogP contribution in [0.3, 0.4) is 0 Å². The molecule has 6 heteroatoms. The van der Waals surface area contributed by atoms with Crippen molar-refractivity contribution in [1.82, 2.24) is 0 Å². The second-order valence-corrected chi connectivity index (χ2v) is 17.5. The molecule has 4 aromatic carbocycles. The Kier molecular flexibility index (Phi) is 24.3. The van der Waals surface area contributed by atoms with Crippen LogP contribution in [0.15, 0.2) is 36.4 Å². The molecule has 0 fully saturated rings. The fourth-order valence-corrected chi connectivity index (χ4v) is 8.45. The van der Waals surface area contributed by atoms with E-state index < -0.39 is 0 Å². The first-order valence-electron chi connectivity index (χ1n) is 25.0. The van der Waals surface area contributed by atoms with Gasteiger partial charge in [0.05, 0.1) is 26.4 Å². The number of phenols is 2. The molecule has 0 bridgehead atoms. The van der Waals surface area contributed by atoms with Gasteiger partial charge in [0.2, 0.25) is 0 Å². The highest BCUT2D eigenvalue weighted by Crippen LogP contribution is 2.47. The fourth-order valence-electron chi connectivity index (χ4n) is 8.45. The minimum absolute atomic E-state index is 0.141. The summed E-state index contributed by atoms with van der Waals surface area (Å²) in [5.74, 6) is 2.69. The smallest absolute Gasteiger partial charge is 0.161 e. The molecule has 0 saturated carbocycles. The molecule has 0 heterocycles. The number of phenolic OH excluding ortho intramolecular Hbond substituents is 2. The van der Waals surface area contributed by atoms with Gasteiger partial charge in [0.1, 0.15) is 0 Å². The van der Waals surface area contributed by atoms with E-state index in [1.807, 2.05) is 0 Å². The van der Waals surface area contributed by atoms with Gasteiger partial charge in [-0.15, -0.1) is 0 Å². The Morgan fingerprint density at radius 1 is 0.267 bits per heavy atom. The van der Waals surface area contributed by atoms with Gasteiger partial charge in [-0.1, -0.05) is 182 Å². The van der Waals surface area contributed by atoms with E-state index in [9.17, 15) is 10.2 Å². The number of fused-ring (bicyclic) bond motifs is 6. The summed E-state index contributed by atoms with van der Waals surface area (Å²) in [5, 5.41) is 27.3. The standard InChI is InChI=1S/C54H84O6/c1-5-9-13-17-21-25-29-33-57-51-39-45-43-37-49(55)50(56)38-44(43)46-40-52(58-34-30-26-22-18-14-10-6-2)54(60-36-32-28-24-20-16-12-8-4)42-48(46)47(45)41-53(51)59-35-31-27-23-19-15-11-7-3/h37-42,55-56H,5-36H2,1-4H3. The highest BCUT2D eigenvalue weighted by molar-refractivity contribution is 6.26. The highest BCUT2D eigenvalue weighted by atomic mass is 16.5. The van der Waals surface area contributed by atoms with E-state index >= 15 is 0 Å². The van der Waals surface area contributed by atoms with Gasteiger partial charge in [0.25, 0.3) is 0 Å². The van der Waals surface area contributed by atoms with E-state index in [4.69, 9.17) is 18.9 Å². The average Bonchev–Trinajstić information content (AvgIpc) is 3.25. The van der Waals surface area contributed by atoms with Crippen molar-refractivity contribution < 1.29 is 29.2 Å². The van der Waals surface area contributed by atoms with Gasteiger partial charge in [-0.3, -0.25) is 0 Å². The molecule has 0 unspecified atom stereocenters. The fraction of sp³-hybridized carbons (Fsp3) is 0.667. The van der Waals surface area contributed by atoms with Gasteiger partial charge in [-0.05, 0) is 94.4 Å². The maximum Gasteiger partial charge on any atom is 0.161 e. The predicted molar refractivity (Wildman–Crippen MR) is 256 cm³/mol. The summed E-state index contributed by atoms with van der Waals surface area (Å²) >= 11 is 0. The molecule has 0 saturated heterocycles. The largest absolute Gasteiger partial charge is 0.504 e. The van der Waals surface area contributed by atoms with Crippen molar-refractivity contribution in [3.63, 3.8) is 0 Å². The minimum atomic E-state index is -0.141. The molecule has 0 atom stereocenters. The molecule has 0 spiro atoms. The van der Waals surface area contributed by atoms with Crippen molar-refractivity contribution in [2.24, 2.45) is 0 Å². The molecule has 4 rings (SSSR count). The molecule has 60 heavy (non-hydrogen) atoms. The minimum Gasteiger partial charge on any atom is -0.504 e. The molecular weight excluding hydrogens is 745 g/mol. The first-order chi connectivity index (χ1) is 29.5. The highest BCUT2D eigenvalue weighted by Gasteiger charge is 2.19. The van der Waals surface area contributed by atoms with Gasteiger partial charge in [0.15, 0.2) is 34.5 Å². The maximum absolute atomic E-state index is 10.9. The molecule has 0 aliphatic carbocycles. The lowest BCUT2D eigenvalue weighted by Gasteiger charge is -2.19. The third-order valence-corrected chi connectivity index (χ3v) is 12.2. The van der Waals surface area contributed by atoms with Crippen LogP contribution >= 0.6 is 0 Å². The lowest BCUT2D eigenvalue weighted by atomic mass is 9.93. The summed E-state index contributed by atoms with van der Waals surface area (Å²) in [6.45, 7) is 11.6. The Hall–Kier alpha value is -3.54. The normalized spacial score (nSPS) is 11.6. The number of hydrogen-bond donors (Lipinski definition) is 2. The van der Waals surface area contributed by atoms with Gasteiger partial charge >= 0.3 is 0 Å². The molecular formula is C54H84O6. The van der Waals surface area contributed by atoms with Gasteiger partial charge in [-0.2, -0.15) is 0 Å². The van der Waals surface area contributed by atoms with Crippen LogP contribution in [0.4, 0.5) is 0 Å². The van der Waals surface area contributed by atoms with Crippen LogP contribution in [0.5, 0.6) is 34.5 Å². The molecule has 0 aliphatic rings. The van der Waals surface area contributed by atoms with Crippen molar-refractivity contribution in [3.8, 4) is 34.5 Å². The summed E-state index contributed by atoms with van der Waals surface area (Å²) in [6.07, 6.45) is 34.2. The third-order valence-electron chi connectivity index (χ3n) is 12.2. The zero-order valence-corrected chi connectivity index (χ0v) is 38.6. The molecule has 0 aliphatic heterocycles. The molecule has 0 amide bonds. The maximum atomic E-state index is 10.9. The lowest BCUT2D eigenvalue weighted by molar-refractivity contribution is 0.259. The second kappa shape index (κ2) is 29.7. The SMILES string of the molecule is CCCCCCCCCOc1cc2c3cc(O)c(O)cc3c3cc(OCCCCCCCCC)c(OCCCCCCCCC)cc3c2cc1OCCCCCCCCC. The van der Waals surface area contributed by atoms with Crippen molar-refractivity contribution in [2.45, 2.75) is 207 Å². The molecule has 6 nitrogen and oxygen atoms in total. The Labute approximate surface area is 365 Å². The zero-order chi connectivity index (χ0) is 42.6. The number of aromatic hydroxyl groups is 2. The van der Waals surface area contributed by atoms with Crippen molar-refractivity contribution in [1.29, 1.82) is 0 Å². The molecule has 336 valence electrons. The average molecular weight is 829 g/mol. The lowest BCUT2D eigenvalue weighted by Crippen LogP contribution is -2.04. The van der Waals surface area contributed by atoms with Gasteiger partial charge in [0, 0.05) is 0 Å². The number of hydrogen-bond acceptors (Lipinski definition) is 6. The van der Waals surface area contributed by atoms with E-state index in [1.165, 1.54) is 128 Å². The zero-order valence-electron chi connectivity index (χ0n) is 38.6. The number of unbranched alkanes of at least 4 members (excludes halogenated alkanes) is 24. The van der Waals surface area contributed by atoms with Crippen LogP contribution in [0.2, 0.25) is 0 Å². The van der Waals surface area contributed by atoms with E-state index in [-0.39, 0.29) is 11.5 Å². The van der Waals surface area contributed by atoms with Crippen LogP contribution in [0.1, 0.15) is 207 Å². The van der Waals surface area contributed by atoms with Crippen LogP contribution in [-0.4, -0.2) is 36.6 Å². The van der Waals surface area contributed by atoms with E-state index in [2.05, 4.69) is 52.0 Å². The summed E-state index contributed by atoms with van der Waals surface area (Å²) in [5.41, 5.74) is 0. The van der Waals surface area contributed by atoms with E-state index in [0.29, 0.717) is 26.4 Å².